The maximum atomic E-state index is 9.42. The summed E-state index contributed by atoms with van der Waals surface area (Å²) in [6, 6.07) is 15.0. The van der Waals surface area contributed by atoms with Crippen LogP contribution in [-0.4, -0.2) is 22.0 Å². The van der Waals surface area contributed by atoms with Crippen LogP contribution in [-0.2, 0) is 0 Å². The summed E-state index contributed by atoms with van der Waals surface area (Å²) in [5, 5.41) is 14.1. The van der Waals surface area contributed by atoms with Gasteiger partial charge in [0.25, 0.3) is 0 Å². The molecule has 0 aliphatic carbocycles. The van der Waals surface area contributed by atoms with Gasteiger partial charge in [0.05, 0.1) is 18.5 Å². The van der Waals surface area contributed by atoms with Gasteiger partial charge in [-0.15, -0.1) is 0 Å². The first-order valence-corrected chi connectivity index (χ1v) is 7.10. The van der Waals surface area contributed by atoms with E-state index in [-0.39, 0.29) is 5.75 Å². The molecule has 0 aliphatic heterocycles. The minimum atomic E-state index is 0.251. The van der Waals surface area contributed by atoms with Gasteiger partial charge in [0.1, 0.15) is 11.5 Å². The van der Waals surface area contributed by atoms with Gasteiger partial charge in [-0.25, -0.2) is 4.68 Å². The molecule has 1 aromatic heterocycles. The predicted octanol–water partition coefficient (Wildman–Crippen LogP) is 3.87. The van der Waals surface area contributed by atoms with Crippen LogP contribution >= 0.6 is 0 Å². The maximum absolute atomic E-state index is 9.42. The third-order valence-electron chi connectivity index (χ3n) is 3.76. The van der Waals surface area contributed by atoms with Crippen molar-refractivity contribution in [1.29, 1.82) is 0 Å². The number of hydrogen-bond acceptors (Lipinski definition) is 3. The molecule has 0 aliphatic rings. The van der Waals surface area contributed by atoms with Crippen LogP contribution in [0.15, 0.2) is 48.5 Å². The molecule has 0 spiro atoms. The Labute approximate surface area is 129 Å². The lowest BCUT2D eigenvalue weighted by Crippen LogP contribution is -1.98. The number of benzene rings is 2. The fourth-order valence-electron chi connectivity index (χ4n) is 2.66. The van der Waals surface area contributed by atoms with E-state index in [9.17, 15) is 5.11 Å². The van der Waals surface area contributed by atoms with E-state index in [1.54, 1.807) is 19.2 Å². The molecule has 0 bridgehead atoms. The van der Waals surface area contributed by atoms with E-state index in [2.05, 4.69) is 5.10 Å². The van der Waals surface area contributed by atoms with E-state index in [0.717, 1.165) is 34.0 Å². The van der Waals surface area contributed by atoms with E-state index in [4.69, 9.17) is 4.74 Å². The molecule has 0 atom stereocenters. The van der Waals surface area contributed by atoms with Gasteiger partial charge in [-0.2, -0.15) is 5.10 Å². The average molecular weight is 294 g/mol. The Morgan fingerprint density at radius 3 is 2.18 bits per heavy atom. The summed E-state index contributed by atoms with van der Waals surface area (Å²) in [7, 11) is 1.66. The molecule has 4 heteroatoms. The zero-order valence-electron chi connectivity index (χ0n) is 12.9. The highest BCUT2D eigenvalue weighted by Gasteiger charge is 2.14. The molecule has 0 fully saturated rings. The molecule has 0 saturated carbocycles. The van der Waals surface area contributed by atoms with Gasteiger partial charge < -0.3 is 9.84 Å². The summed E-state index contributed by atoms with van der Waals surface area (Å²) >= 11 is 0. The number of phenols is 1. The lowest BCUT2D eigenvalue weighted by atomic mass is 10.0. The van der Waals surface area contributed by atoms with Crippen molar-refractivity contribution in [2.24, 2.45) is 0 Å². The zero-order chi connectivity index (χ0) is 15.7. The van der Waals surface area contributed by atoms with Crippen molar-refractivity contribution in [3.05, 3.63) is 59.9 Å². The highest BCUT2D eigenvalue weighted by molar-refractivity contribution is 5.69. The van der Waals surface area contributed by atoms with Crippen molar-refractivity contribution in [2.45, 2.75) is 13.8 Å². The molecule has 0 radical (unpaired) electrons. The summed E-state index contributed by atoms with van der Waals surface area (Å²) in [6.07, 6.45) is 0. The molecule has 1 N–H and O–H groups in total. The van der Waals surface area contributed by atoms with Crippen LogP contribution in [0.5, 0.6) is 11.5 Å². The molecule has 0 amide bonds. The van der Waals surface area contributed by atoms with Gasteiger partial charge in [-0.1, -0.05) is 12.1 Å². The number of phenolic OH excluding ortho intramolecular Hbond substituents is 1. The summed E-state index contributed by atoms with van der Waals surface area (Å²) in [6.45, 7) is 4.05. The Morgan fingerprint density at radius 1 is 0.955 bits per heavy atom. The lowest BCUT2D eigenvalue weighted by molar-refractivity contribution is 0.415. The second-order valence-electron chi connectivity index (χ2n) is 5.20. The predicted molar refractivity (Wildman–Crippen MR) is 86.7 cm³/mol. The van der Waals surface area contributed by atoms with Crippen molar-refractivity contribution in [1.82, 2.24) is 9.78 Å². The fraction of sp³-hybridized carbons (Fsp3) is 0.167. The summed E-state index contributed by atoms with van der Waals surface area (Å²) < 4.78 is 7.10. The highest BCUT2D eigenvalue weighted by atomic mass is 16.5. The molecule has 112 valence electrons. The first kappa shape index (κ1) is 14.2. The smallest absolute Gasteiger partial charge is 0.118 e. The van der Waals surface area contributed by atoms with Crippen LogP contribution < -0.4 is 4.74 Å². The number of aromatic hydroxyl groups is 1. The van der Waals surface area contributed by atoms with Gasteiger partial charge in [0.15, 0.2) is 0 Å². The maximum Gasteiger partial charge on any atom is 0.118 e. The Balaban J connectivity index is 2.07. The number of aromatic nitrogens is 2. The summed E-state index contributed by atoms with van der Waals surface area (Å²) in [5.74, 6) is 1.09. The number of hydrogen-bond donors (Lipinski definition) is 1. The zero-order valence-corrected chi connectivity index (χ0v) is 12.9. The summed E-state index contributed by atoms with van der Waals surface area (Å²) in [4.78, 5) is 0. The number of methoxy groups -OCH3 is 1. The monoisotopic (exact) mass is 294 g/mol. The molecule has 3 rings (SSSR count). The van der Waals surface area contributed by atoms with Crippen LogP contribution in [0.1, 0.15) is 11.4 Å². The Morgan fingerprint density at radius 2 is 1.59 bits per heavy atom. The topological polar surface area (TPSA) is 47.3 Å². The van der Waals surface area contributed by atoms with Crippen molar-refractivity contribution in [3.8, 4) is 28.3 Å². The first-order valence-electron chi connectivity index (χ1n) is 7.10. The fourth-order valence-corrected chi connectivity index (χ4v) is 2.66. The average Bonchev–Trinajstić information content (AvgIpc) is 2.83. The standard InChI is InChI=1S/C18H18N2O2/c1-12-18(14-4-10-17(22-3)11-5-14)13(2)20(19-12)15-6-8-16(21)9-7-15/h4-11,21H,1-3H3. The van der Waals surface area contributed by atoms with Crippen molar-refractivity contribution < 1.29 is 9.84 Å². The normalized spacial score (nSPS) is 10.7. The van der Waals surface area contributed by atoms with Crippen LogP contribution in [0.2, 0.25) is 0 Å². The van der Waals surface area contributed by atoms with Crippen molar-refractivity contribution in [2.75, 3.05) is 7.11 Å². The molecule has 0 saturated heterocycles. The molecule has 1 heterocycles. The second kappa shape index (κ2) is 5.56. The number of aryl methyl sites for hydroxylation is 1. The quantitative estimate of drug-likeness (QED) is 0.797. The number of rotatable bonds is 3. The third kappa shape index (κ3) is 2.44. The van der Waals surface area contributed by atoms with E-state index < -0.39 is 0 Å². The Bertz CT molecular complexity index is 787. The number of ether oxygens (including phenoxy) is 1. The van der Waals surface area contributed by atoms with Crippen LogP contribution in [0.25, 0.3) is 16.8 Å². The molecular weight excluding hydrogens is 276 g/mol. The third-order valence-corrected chi connectivity index (χ3v) is 3.76. The van der Waals surface area contributed by atoms with Gasteiger partial charge in [0.2, 0.25) is 0 Å². The van der Waals surface area contributed by atoms with E-state index in [0.29, 0.717) is 0 Å². The van der Waals surface area contributed by atoms with Crippen LogP contribution in [0, 0.1) is 13.8 Å². The molecule has 0 unspecified atom stereocenters. The van der Waals surface area contributed by atoms with E-state index >= 15 is 0 Å². The minimum absolute atomic E-state index is 0.251. The SMILES string of the molecule is COc1ccc(-c2c(C)nn(-c3ccc(O)cc3)c2C)cc1. The minimum Gasteiger partial charge on any atom is -0.508 e. The number of nitrogens with zero attached hydrogens (tertiary/aromatic N) is 2. The molecule has 3 aromatic rings. The van der Waals surface area contributed by atoms with Gasteiger partial charge in [0, 0.05) is 11.3 Å². The van der Waals surface area contributed by atoms with Crippen molar-refractivity contribution >= 4 is 0 Å². The van der Waals surface area contributed by atoms with E-state index in [1.165, 1.54) is 0 Å². The first-order chi connectivity index (χ1) is 10.6. The summed E-state index contributed by atoms with van der Waals surface area (Å²) in [5.41, 5.74) is 5.19. The van der Waals surface area contributed by atoms with Gasteiger partial charge >= 0.3 is 0 Å². The molecular formula is C18H18N2O2. The Kier molecular flexibility index (Phi) is 3.59. The van der Waals surface area contributed by atoms with Gasteiger partial charge in [-0.05, 0) is 55.8 Å². The van der Waals surface area contributed by atoms with Crippen molar-refractivity contribution in [3.63, 3.8) is 0 Å². The molecule has 22 heavy (non-hydrogen) atoms. The van der Waals surface area contributed by atoms with Crippen LogP contribution in [0.4, 0.5) is 0 Å². The highest BCUT2D eigenvalue weighted by Crippen LogP contribution is 2.30. The largest absolute Gasteiger partial charge is 0.508 e. The lowest BCUT2D eigenvalue weighted by Gasteiger charge is -2.06. The molecule has 2 aromatic carbocycles. The van der Waals surface area contributed by atoms with E-state index in [1.807, 2.05) is 54.9 Å². The Hall–Kier alpha value is -2.75. The second-order valence-corrected chi connectivity index (χ2v) is 5.20. The van der Waals surface area contributed by atoms with Gasteiger partial charge in [-0.3, -0.25) is 0 Å². The molecule has 4 nitrogen and oxygen atoms in total. The van der Waals surface area contributed by atoms with Crippen LogP contribution in [0.3, 0.4) is 0 Å².